The Kier molecular flexibility index (Phi) is 6.85. The molecule has 2 heterocycles. The van der Waals surface area contributed by atoms with Gasteiger partial charge in [-0.15, -0.1) is 0 Å². The first-order valence-electron chi connectivity index (χ1n) is 12.4. The lowest BCUT2D eigenvalue weighted by Gasteiger charge is -2.39. The minimum absolute atomic E-state index is 0.0892. The molecule has 2 aliphatic heterocycles. The van der Waals surface area contributed by atoms with Crippen molar-refractivity contribution in [1.82, 2.24) is 4.90 Å². The number of hydrogen-bond acceptors (Lipinski definition) is 9. The normalized spacial score (nSPS) is 23.9. The molecule has 0 radical (unpaired) electrons. The van der Waals surface area contributed by atoms with E-state index in [1.165, 1.54) is 14.2 Å². The first-order chi connectivity index (χ1) is 17.5. The van der Waals surface area contributed by atoms with Crippen molar-refractivity contribution >= 4 is 5.97 Å². The Morgan fingerprint density at radius 2 is 1.61 bits per heavy atom. The Morgan fingerprint density at radius 3 is 2.22 bits per heavy atom. The lowest BCUT2D eigenvalue weighted by molar-refractivity contribution is -0.141. The number of aromatic hydroxyl groups is 1. The third-order valence-corrected chi connectivity index (χ3v) is 7.58. The molecule has 1 aliphatic carbocycles. The monoisotopic (exact) mass is 499 g/mol. The van der Waals surface area contributed by atoms with Crippen molar-refractivity contribution in [2.24, 2.45) is 11.8 Å². The van der Waals surface area contributed by atoms with Gasteiger partial charge in [0.1, 0.15) is 0 Å². The summed E-state index contributed by atoms with van der Waals surface area (Å²) >= 11 is 0. The van der Waals surface area contributed by atoms with Gasteiger partial charge in [-0.2, -0.15) is 0 Å². The summed E-state index contributed by atoms with van der Waals surface area (Å²) in [4.78, 5) is 15.5. The van der Waals surface area contributed by atoms with Crippen LogP contribution in [0.2, 0.25) is 0 Å². The highest BCUT2D eigenvalue weighted by molar-refractivity contribution is 5.79. The number of likely N-dealkylation sites (N-methyl/N-ethyl adjacent to an activating group) is 1. The van der Waals surface area contributed by atoms with E-state index in [2.05, 4.69) is 18.7 Å². The predicted octanol–water partition coefficient (Wildman–Crippen LogP) is 3.47. The quantitative estimate of drug-likeness (QED) is 0.520. The van der Waals surface area contributed by atoms with Crippen molar-refractivity contribution in [1.29, 1.82) is 0 Å². The van der Waals surface area contributed by atoms with Crippen LogP contribution in [0.3, 0.4) is 0 Å². The molecule has 0 unspecified atom stereocenters. The van der Waals surface area contributed by atoms with E-state index >= 15 is 0 Å². The summed E-state index contributed by atoms with van der Waals surface area (Å²) in [5.41, 5.74) is 2.63. The fourth-order valence-corrected chi connectivity index (χ4v) is 5.67. The summed E-state index contributed by atoms with van der Waals surface area (Å²) < 4.78 is 34.3. The minimum atomic E-state index is -0.477. The maximum atomic E-state index is 13.2. The standard InChI is InChI=1S/C27H33NO8/c1-5-28(6-2)7-8-33-26-17-12-20-19(35-14-36-20)11-16(17)23(24-18(26)13-34-27(24)30)15-9-21(31-3)25(29)22(10-15)32-4/h9-12,18,23-24,26,29H,5-8,13-14H2,1-4H3/t18-,23+,24-,26+/m0/s1. The van der Waals surface area contributed by atoms with Gasteiger partial charge in [0.2, 0.25) is 12.5 Å². The number of phenolic OH excluding ortho intramolecular Hbond substituents is 1. The second-order valence-electron chi connectivity index (χ2n) is 9.22. The van der Waals surface area contributed by atoms with E-state index in [0.717, 1.165) is 36.3 Å². The van der Waals surface area contributed by atoms with Gasteiger partial charge in [0.05, 0.1) is 39.5 Å². The van der Waals surface area contributed by atoms with E-state index in [-0.39, 0.29) is 54.6 Å². The van der Waals surface area contributed by atoms with E-state index in [0.29, 0.717) is 18.1 Å². The zero-order chi connectivity index (χ0) is 25.4. The fourth-order valence-electron chi connectivity index (χ4n) is 5.67. The topological polar surface area (TPSA) is 95.9 Å². The average Bonchev–Trinajstić information content (AvgIpc) is 3.51. The lowest BCUT2D eigenvalue weighted by Crippen LogP contribution is -2.37. The molecule has 1 N–H and O–H groups in total. The van der Waals surface area contributed by atoms with Crippen molar-refractivity contribution < 1.29 is 38.3 Å². The van der Waals surface area contributed by atoms with E-state index < -0.39 is 5.92 Å². The maximum absolute atomic E-state index is 13.2. The summed E-state index contributed by atoms with van der Waals surface area (Å²) in [6.45, 7) is 7.89. The van der Waals surface area contributed by atoms with Crippen molar-refractivity contribution in [3.63, 3.8) is 0 Å². The predicted molar refractivity (Wildman–Crippen MR) is 130 cm³/mol. The van der Waals surface area contributed by atoms with Crippen LogP contribution in [0.15, 0.2) is 24.3 Å². The van der Waals surface area contributed by atoms with Gasteiger partial charge in [-0.05, 0) is 54.0 Å². The highest BCUT2D eigenvalue weighted by Gasteiger charge is 2.53. The third-order valence-electron chi connectivity index (χ3n) is 7.58. The molecule has 1 fully saturated rings. The number of benzene rings is 2. The molecule has 194 valence electrons. The molecule has 9 nitrogen and oxygen atoms in total. The molecule has 0 aromatic heterocycles. The molecule has 36 heavy (non-hydrogen) atoms. The van der Waals surface area contributed by atoms with E-state index in [1.807, 2.05) is 12.1 Å². The molecule has 2 aromatic carbocycles. The summed E-state index contributed by atoms with van der Waals surface area (Å²) in [5, 5.41) is 10.5. The molecular weight excluding hydrogens is 466 g/mol. The molecule has 5 rings (SSSR count). The van der Waals surface area contributed by atoms with Gasteiger partial charge in [0.15, 0.2) is 23.0 Å². The van der Waals surface area contributed by atoms with Crippen molar-refractivity contribution in [3.8, 4) is 28.7 Å². The molecule has 1 saturated heterocycles. The number of methoxy groups -OCH3 is 2. The molecule has 2 aromatic rings. The minimum Gasteiger partial charge on any atom is -0.502 e. The Morgan fingerprint density at radius 1 is 0.972 bits per heavy atom. The molecule has 4 atom stereocenters. The van der Waals surface area contributed by atoms with Gasteiger partial charge in [-0.25, -0.2) is 0 Å². The van der Waals surface area contributed by atoms with Crippen LogP contribution in [0.4, 0.5) is 0 Å². The van der Waals surface area contributed by atoms with Crippen LogP contribution in [-0.2, 0) is 14.3 Å². The number of phenols is 1. The van der Waals surface area contributed by atoms with Gasteiger partial charge in [0.25, 0.3) is 0 Å². The van der Waals surface area contributed by atoms with Crippen LogP contribution in [0.25, 0.3) is 0 Å². The van der Waals surface area contributed by atoms with Gasteiger partial charge < -0.3 is 38.4 Å². The number of fused-ring (bicyclic) bond motifs is 3. The smallest absolute Gasteiger partial charge is 0.310 e. The molecular formula is C27H33NO8. The number of ether oxygens (including phenoxy) is 6. The van der Waals surface area contributed by atoms with Crippen LogP contribution >= 0.6 is 0 Å². The highest BCUT2D eigenvalue weighted by atomic mass is 16.7. The van der Waals surface area contributed by atoms with Crippen LogP contribution in [0.1, 0.15) is 42.6 Å². The Labute approximate surface area is 210 Å². The number of carbonyl (C=O) groups is 1. The number of esters is 1. The van der Waals surface area contributed by atoms with Crippen molar-refractivity contribution in [2.75, 3.05) is 53.9 Å². The van der Waals surface area contributed by atoms with E-state index in [4.69, 9.17) is 28.4 Å². The number of cyclic esters (lactones) is 1. The average molecular weight is 500 g/mol. The number of hydrogen-bond donors (Lipinski definition) is 1. The SMILES string of the molecule is CCN(CC)CCO[C@@H]1c2cc3c(cc2[C@@H](c2cc(OC)c(O)c(OC)c2)[C@H]2C(=O)OC[C@@H]21)OCO3. The second kappa shape index (κ2) is 10.1. The zero-order valence-corrected chi connectivity index (χ0v) is 21.1. The maximum Gasteiger partial charge on any atom is 0.310 e. The number of nitrogens with zero attached hydrogens (tertiary/aromatic N) is 1. The van der Waals surface area contributed by atoms with Gasteiger partial charge in [-0.3, -0.25) is 4.79 Å². The third kappa shape index (κ3) is 4.10. The lowest BCUT2D eigenvalue weighted by atomic mass is 9.66. The number of carbonyl (C=O) groups excluding carboxylic acids is 1. The van der Waals surface area contributed by atoms with Crippen LogP contribution in [0, 0.1) is 11.8 Å². The van der Waals surface area contributed by atoms with Crippen LogP contribution in [0.5, 0.6) is 28.7 Å². The zero-order valence-electron chi connectivity index (χ0n) is 21.1. The fraction of sp³-hybridized carbons (Fsp3) is 0.519. The van der Waals surface area contributed by atoms with E-state index in [9.17, 15) is 9.90 Å². The first-order valence-corrected chi connectivity index (χ1v) is 12.4. The summed E-state index contributed by atoms with van der Waals surface area (Å²) in [6.07, 6.45) is -0.335. The van der Waals surface area contributed by atoms with Crippen molar-refractivity contribution in [2.45, 2.75) is 25.9 Å². The molecule has 0 bridgehead atoms. The molecule has 0 spiro atoms. The Balaban J connectivity index is 1.62. The second-order valence-corrected chi connectivity index (χ2v) is 9.22. The first kappa shape index (κ1) is 24.5. The van der Waals surface area contributed by atoms with Gasteiger partial charge in [-0.1, -0.05) is 13.8 Å². The summed E-state index contributed by atoms with van der Waals surface area (Å²) in [7, 11) is 2.97. The Hall–Kier alpha value is -3.17. The number of rotatable bonds is 9. The molecule has 0 amide bonds. The highest BCUT2D eigenvalue weighted by Crippen LogP contribution is 2.56. The molecule has 9 heteroatoms. The van der Waals surface area contributed by atoms with Crippen LogP contribution in [-0.4, -0.2) is 69.8 Å². The van der Waals surface area contributed by atoms with Gasteiger partial charge in [0, 0.05) is 18.4 Å². The van der Waals surface area contributed by atoms with Crippen LogP contribution < -0.4 is 18.9 Å². The summed E-state index contributed by atoms with van der Waals surface area (Å²) in [5.74, 6) is 0.441. The summed E-state index contributed by atoms with van der Waals surface area (Å²) in [6, 6.07) is 7.42. The Bertz CT molecular complexity index is 1110. The molecule has 3 aliphatic rings. The molecule has 0 saturated carbocycles. The van der Waals surface area contributed by atoms with E-state index in [1.54, 1.807) is 12.1 Å². The van der Waals surface area contributed by atoms with Crippen molar-refractivity contribution in [3.05, 3.63) is 41.0 Å². The van der Waals surface area contributed by atoms with Gasteiger partial charge >= 0.3 is 5.97 Å². The largest absolute Gasteiger partial charge is 0.502 e.